The van der Waals surface area contributed by atoms with E-state index in [1.165, 1.54) is 56.7 Å². The van der Waals surface area contributed by atoms with Crippen LogP contribution in [-0.2, 0) is 13.1 Å². The fourth-order valence-corrected chi connectivity index (χ4v) is 4.60. The zero-order valence-corrected chi connectivity index (χ0v) is 15.2. The van der Waals surface area contributed by atoms with Gasteiger partial charge in [-0.1, -0.05) is 6.07 Å². The first kappa shape index (κ1) is 16.7. The predicted octanol–water partition coefficient (Wildman–Crippen LogP) is 3.27. The van der Waals surface area contributed by atoms with Gasteiger partial charge in [0.05, 0.1) is 5.69 Å². The number of aryl methyl sites for hydroxylation is 1. The van der Waals surface area contributed by atoms with Crippen molar-refractivity contribution in [2.45, 2.75) is 39.3 Å². The summed E-state index contributed by atoms with van der Waals surface area (Å²) in [5.41, 5.74) is 4.19. The lowest BCUT2D eigenvalue weighted by Crippen LogP contribution is -2.44. The maximum absolute atomic E-state index is 4.70. The molecule has 4 nitrogen and oxygen atoms in total. The summed E-state index contributed by atoms with van der Waals surface area (Å²) >= 11 is 0. The summed E-state index contributed by atoms with van der Waals surface area (Å²) in [4.78, 5) is 14.1. The third-order valence-corrected chi connectivity index (χ3v) is 5.74. The molecule has 2 aromatic rings. The van der Waals surface area contributed by atoms with Crippen molar-refractivity contribution in [3.63, 3.8) is 0 Å². The molecule has 25 heavy (non-hydrogen) atoms. The molecule has 0 amide bonds. The van der Waals surface area contributed by atoms with E-state index in [-0.39, 0.29) is 0 Å². The van der Waals surface area contributed by atoms with E-state index in [0.29, 0.717) is 5.41 Å². The van der Waals surface area contributed by atoms with Gasteiger partial charge in [0.1, 0.15) is 0 Å². The minimum Gasteiger partial charge on any atom is -0.298 e. The largest absolute Gasteiger partial charge is 0.298 e. The number of pyridine rings is 2. The standard InChI is InChI=1S/C21H28N4/c1-18-4-2-5-20(23-18)15-24-12-3-8-21(16-24)9-13-25(17-21)14-19-6-10-22-11-7-19/h2,4-7,10-11H,3,8-9,12-17H2,1H3/t21-/m1/s1. The highest BCUT2D eigenvalue weighted by molar-refractivity contribution is 5.11. The van der Waals surface area contributed by atoms with E-state index >= 15 is 0 Å². The molecule has 0 aromatic carbocycles. The quantitative estimate of drug-likeness (QED) is 0.858. The number of piperidine rings is 1. The monoisotopic (exact) mass is 336 g/mol. The molecule has 2 aromatic heterocycles. The van der Waals surface area contributed by atoms with Crippen LogP contribution in [0.25, 0.3) is 0 Å². The lowest BCUT2D eigenvalue weighted by molar-refractivity contribution is 0.0857. The Kier molecular flexibility index (Phi) is 4.82. The summed E-state index contributed by atoms with van der Waals surface area (Å²) in [7, 11) is 0. The van der Waals surface area contributed by atoms with Crippen molar-refractivity contribution < 1.29 is 0 Å². The van der Waals surface area contributed by atoms with E-state index < -0.39 is 0 Å². The molecule has 2 aliphatic heterocycles. The molecule has 4 heterocycles. The maximum Gasteiger partial charge on any atom is 0.0547 e. The Morgan fingerprint density at radius 3 is 2.56 bits per heavy atom. The van der Waals surface area contributed by atoms with Gasteiger partial charge in [0.2, 0.25) is 0 Å². The topological polar surface area (TPSA) is 32.3 Å². The fourth-order valence-electron chi connectivity index (χ4n) is 4.60. The number of hydrogen-bond acceptors (Lipinski definition) is 4. The average molecular weight is 336 g/mol. The Hall–Kier alpha value is -1.78. The van der Waals surface area contributed by atoms with Crippen molar-refractivity contribution >= 4 is 0 Å². The molecule has 0 unspecified atom stereocenters. The van der Waals surface area contributed by atoms with Crippen LogP contribution in [0.5, 0.6) is 0 Å². The number of aromatic nitrogens is 2. The molecule has 0 bridgehead atoms. The summed E-state index contributed by atoms with van der Waals surface area (Å²) < 4.78 is 0. The van der Waals surface area contributed by atoms with Crippen molar-refractivity contribution in [2.75, 3.05) is 26.2 Å². The smallest absolute Gasteiger partial charge is 0.0547 e. The van der Waals surface area contributed by atoms with Gasteiger partial charge in [-0.3, -0.25) is 19.8 Å². The first-order valence-electron chi connectivity index (χ1n) is 9.47. The third kappa shape index (κ3) is 4.07. The van der Waals surface area contributed by atoms with Crippen molar-refractivity contribution in [3.05, 3.63) is 59.7 Å². The highest BCUT2D eigenvalue weighted by Crippen LogP contribution is 2.39. The van der Waals surface area contributed by atoms with Crippen LogP contribution in [0.4, 0.5) is 0 Å². The van der Waals surface area contributed by atoms with Gasteiger partial charge < -0.3 is 0 Å². The van der Waals surface area contributed by atoms with Crippen molar-refractivity contribution in [2.24, 2.45) is 5.41 Å². The van der Waals surface area contributed by atoms with Gasteiger partial charge in [-0.05, 0) is 74.5 Å². The van der Waals surface area contributed by atoms with E-state index in [9.17, 15) is 0 Å². The summed E-state index contributed by atoms with van der Waals surface area (Å²) in [6.45, 7) is 9.01. The average Bonchev–Trinajstić information content (AvgIpc) is 2.97. The molecule has 0 radical (unpaired) electrons. The predicted molar refractivity (Wildman–Crippen MR) is 100 cm³/mol. The zero-order chi connectivity index (χ0) is 17.1. The van der Waals surface area contributed by atoms with Crippen LogP contribution in [-0.4, -0.2) is 45.9 Å². The molecular weight excluding hydrogens is 308 g/mol. The van der Waals surface area contributed by atoms with Crippen LogP contribution in [0, 0.1) is 12.3 Å². The maximum atomic E-state index is 4.70. The number of likely N-dealkylation sites (tertiary alicyclic amines) is 2. The van der Waals surface area contributed by atoms with Crippen LogP contribution < -0.4 is 0 Å². The summed E-state index contributed by atoms with van der Waals surface area (Å²) in [6, 6.07) is 10.7. The van der Waals surface area contributed by atoms with Gasteiger partial charge >= 0.3 is 0 Å². The van der Waals surface area contributed by atoms with Gasteiger partial charge in [0.15, 0.2) is 0 Å². The summed E-state index contributed by atoms with van der Waals surface area (Å²) in [6.07, 6.45) is 7.82. The van der Waals surface area contributed by atoms with Crippen LogP contribution in [0.2, 0.25) is 0 Å². The SMILES string of the molecule is Cc1cccc(CN2CCC[C@@]3(CCN(Cc4ccncc4)C3)C2)n1. The fraction of sp³-hybridized carbons (Fsp3) is 0.524. The first-order valence-corrected chi connectivity index (χ1v) is 9.47. The third-order valence-electron chi connectivity index (χ3n) is 5.74. The molecular formula is C21H28N4. The Morgan fingerprint density at radius 1 is 0.960 bits per heavy atom. The normalized spacial score (nSPS) is 24.8. The second-order valence-corrected chi connectivity index (χ2v) is 7.90. The van der Waals surface area contributed by atoms with E-state index in [2.05, 4.69) is 52.0 Å². The summed E-state index contributed by atoms with van der Waals surface area (Å²) in [5, 5.41) is 0. The van der Waals surface area contributed by atoms with Gasteiger partial charge in [0, 0.05) is 44.3 Å². The highest BCUT2D eigenvalue weighted by Gasteiger charge is 2.41. The molecule has 132 valence electrons. The van der Waals surface area contributed by atoms with Crippen molar-refractivity contribution in [1.29, 1.82) is 0 Å². The number of nitrogens with zero attached hydrogens (tertiary/aromatic N) is 4. The van der Waals surface area contributed by atoms with Crippen LogP contribution >= 0.6 is 0 Å². The van der Waals surface area contributed by atoms with E-state index in [1.54, 1.807) is 0 Å². The van der Waals surface area contributed by atoms with Crippen molar-refractivity contribution in [1.82, 2.24) is 19.8 Å². The molecule has 0 aliphatic carbocycles. The molecule has 4 heteroatoms. The molecule has 0 N–H and O–H groups in total. The van der Waals surface area contributed by atoms with Crippen LogP contribution in [0.15, 0.2) is 42.7 Å². The first-order chi connectivity index (χ1) is 12.2. The van der Waals surface area contributed by atoms with Crippen LogP contribution in [0.1, 0.15) is 36.2 Å². The van der Waals surface area contributed by atoms with Crippen LogP contribution in [0.3, 0.4) is 0 Å². The lowest BCUT2D eigenvalue weighted by Gasteiger charge is -2.40. The molecule has 2 aliphatic rings. The van der Waals surface area contributed by atoms with Gasteiger partial charge in [-0.15, -0.1) is 0 Å². The highest BCUT2D eigenvalue weighted by atomic mass is 15.2. The molecule has 4 rings (SSSR count). The minimum atomic E-state index is 0.481. The van der Waals surface area contributed by atoms with Gasteiger partial charge in [0.25, 0.3) is 0 Å². The molecule has 0 saturated carbocycles. The molecule has 2 saturated heterocycles. The van der Waals surface area contributed by atoms with E-state index in [4.69, 9.17) is 4.98 Å². The summed E-state index contributed by atoms with van der Waals surface area (Å²) in [5.74, 6) is 0. The van der Waals surface area contributed by atoms with Gasteiger partial charge in [-0.25, -0.2) is 0 Å². The number of hydrogen-bond donors (Lipinski definition) is 0. The molecule has 2 fully saturated rings. The molecule has 1 spiro atoms. The second-order valence-electron chi connectivity index (χ2n) is 7.90. The van der Waals surface area contributed by atoms with Crippen molar-refractivity contribution in [3.8, 4) is 0 Å². The van der Waals surface area contributed by atoms with E-state index in [1.807, 2.05) is 12.4 Å². The minimum absolute atomic E-state index is 0.481. The number of rotatable bonds is 4. The zero-order valence-electron chi connectivity index (χ0n) is 15.2. The Labute approximate surface area is 150 Å². The molecule has 1 atom stereocenters. The Balaban J connectivity index is 1.37. The van der Waals surface area contributed by atoms with Gasteiger partial charge in [-0.2, -0.15) is 0 Å². The second kappa shape index (κ2) is 7.22. The lowest BCUT2D eigenvalue weighted by atomic mass is 9.79. The van der Waals surface area contributed by atoms with E-state index in [0.717, 1.165) is 18.8 Å². The Bertz CT molecular complexity index is 702. The Morgan fingerprint density at radius 2 is 1.76 bits per heavy atom.